The zero-order valence-electron chi connectivity index (χ0n) is 21.6. The van der Waals surface area contributed by atoms with E-state index in [-0.39, 0.29) is 28.9 Å². The Labute approximate surface area is 232 Å². The molecule has 1 aromatic heterocycles. The summed E-state index contributed by atoms with van der Waals surface area (Å²) in [5.74, 6) is -1.86. The Hall–Kier alpha value is -4.30. The van der Waals surface area contributed by atoms with Crippen LogP contribution in [0.1, 0.15) is 43.1 Å². The van der Waals surface area contributed by atoms with E-state index >= 15 is 0 Å². The Bertz CT molecular complexity index is 1460. The van der Waals surface area contributed by atoms with Crippen LogP contribution in [0.3, 0.4) is 0 Å². The van der Waals surface area contributed by atoms with Crippen molar-refractivity contribution < 1.29 is 53.8 Å². The highest BCUT2D eigenvalue weighted by molar-refractivity contribution is 6.46. The van der Waals surface area contributed by atoms with Gasteiger partial charge in [-0.15, -0.1) is 26.3 Å². The second-order valence-electron chi connectivity index (χ2n) is 9.60. The van der Waals surface area contributed by atoms with Crippen LogP contribution in [0.15, 0.2) is 71.9 Å². The highest BCUT2D eigenvalue weighted by Crippen LogP contribution is 2.40. The molecule has 1 aliphatic heterocycles. The Kier molecular flexibility index (Phi) is 7.91. The Morgan fingerprint density at radius 2 is 1.45 bits per heavy atom. The number of rotatable bonds is 6. The Morgan fingerprint density at radius 1 is 0.833 bits per heavy atom. The summed E-state index contributed by atoms with van der Waals surface area (Å²) in [6, 6.07) is 10.0. The van der Waals surface area contributed by atoms with Gasteiger partial charge in [-0.25, -0.2) is 0 Å². The number of pyridine rings is 1. The molecule has 1 saturated heterocycles. The fourth-order valence-corrected chi connectivity index (χ4v) is 4.35. The first kappa shape index (κ1) is 30.7. The average Bonchev–Trinajstić information content (AvgIpc) is 3.17. The summed E-state index contributed by atoms with van der Waals surface area (Å²) < 4.78 is 123. The monoisotopic (exact) mass is 605 g/mol. The van der Waals surface area contributed by atoms with Gasteiger partial charge in [0.2, 0.25) is 0 Å². The maximum atomic E-state index is 13.6. The van der Waals surface area contributed by atoms with Gasteiger partial charge in [0.25, 0.3) is 5.91 Å². The number of aromatic nitrogens is 1. The van der Waals surface area contributed by atoms with E-state index in [1.165, 1.54) is 26.0 Å². The van der Waals surface area contributed by atoms with Gasteiger partial charge in [-0.1, -0.05) is 18.2 Å². The quantitative estimate of drug-likeness (QED) is 0.270. The number of alkyl halides is 9. The zero-order valence-corrected chi connectivity index (χ0v) is 21.6. The number of amides is 1. The lowest BCUT2D eigenvalue weighted by Crippen LogP contribution is -2.30. The summed E-state index contributed by atoms with van der Waals surface area (Å²) in [5, 5.41) is 0. The SMILES string of the molecule is CC(C)(N=C1CC(c2cccc(OC(F)(F)F)c2)N(c2ccc(OC(F)(F)F)cc2)C1=O)c1ccc(C(F)(F)F)nc1. The number of aliphatic imine (C=N–C) groups is 1. The second kappa shape index (κ2) is 10.8. The van der Waals surface area contributed by atoms with Gasteiger partial charge in [0.15, 0.2) is 0 Å². The van der Waals surface area contributed by atoms with Crippen LogP contribution in [0.4, 0.5) is 45.2 Å². The first-order chi connectivity index (χ1) is 19.3. The number of carbonyl (C=O) groups excluding carboxylic acids is 1. The highest BCUT2D eigenvalue weighted by Gasteiger charge is 2.41. The molecule has 6 nitrogen and oxygen atoms in total. The molecule has 3 aromatic rings. The standard InChI is InChI=1S/C27H20F9N3O3/c1-24(2,16-6-11-22(37-14-16)25(28,29)30)38-20-13-21(15-4-3-5-19(12-15)42-27(34,35)36)39(23(20)40)17-7-9-18(10-8-17)41-26(31,32)33/h3-12,14,21H,13H2,1-2H3. The van der Waals surface area contributed by atoms with Gasteiger partial charge in [-0.2, -0.15) is 13.2 Å². The first-order valence-corrected chi connectivity index (χ1v) is 12.0. The Morgan fingerprint density at radius 3 is 2.00 bits per heavy atom. The third kappa shape index (κ3) is 7.31. The molecule has 0 radical (unpaired) electrons. The molecule has 15 heteroatoms. The van der Waals surface area contributed by atoms with Crippen molar-refractivity contribution in [1.29, 1.82) is 0 Å². The van der Waals surface area contributed by atoms with Crippen LogP contribution in [0, 0.1) is 0 Å². The summed E-state index contributed by atoms with van der Waals surface area (Å²) in [6.07, 6.45) is -13.8. The van der Waals surface area contributed by atoms with Crippen LogP contribution < -0.4 is 14.4 Å². The number of carbonyl (C=O) groups is 1. The maximum Gasteiger partial charge on any atom is 0.573 e. The minimum Gasteiger partial charge on any atom is -0.406 e. The van der Waals surface area contributed by atoms with Crippen LogP contribution in [-0.4, -0.2) is 29.3 Å². The summed E-state index contributed by atoms with van der Waals surface area (Å²) in [5.41, 5.74) is -1.96. The van der Waals surface area contributed by atoms with Crippen molar-refractivity contribution in [2.24, 2.45) is 4.99 Å². The van der Waals surface area contributed by atoms with Crippen LogP contribution in [-0.2, 0) is 16.5 Å². The lowest BCUT2D eigenvalue weighted by Gasteiger charge is -2.25. The lowest BCUT2D eigenvalue weighted by molar-refractivity contribution is -0.275. The molecule has 0 aliphatic carbocycles. The number of ether oxygens (including phenoxy) is 2. The molecule has 2 heterocycles. The van der Waals surface area contributed by atoms with E-state index < -0.39 is 53.6 Å². The molecule has 1 atom stereocenters. The summed E-state index contributed by atoms with van der Waals surface area (Å²) >= 11 is 0. The summed E-state index contributed by atoms with van der Waals surface area (Å²) in [4.78, 5) is 22.7. The van der Waals surface area contributed by atoms with E-state index in [2.05, 4.69) is 19.5 Å². The maximum absolute atomic E-state index is 13.6. The molecule has 42 heavy (non-hydrogen) atoms. The molecule has 1 aliphatic rings. The van der Waals surface area contributed by atoms with Crippen molar-refractivity contribution in [1.82, 2.24) is 4.98 Å². The van der Waals surface area contributed by atoms with E-state index in [1.54, 1.807) is 0 Å². The molecule has 4 rings (SSSR count). The molecule has 1 fully saturated rings. The minimum absolute atomic E-state index is 0.0809. The molecule has 0 spiro atoms. The number of halogens is 9. The van der Waals surface area contributed by atoms with Crippen LogP contribution >= 0.6 is 0 Å². The summed E-state index contributed by atoms with van der Waals surface area (Å²) in [6.45, 7) is 3.05. The predicted molar refractivity (Wildman–Crippen MR) is 131 cm³/mol. The van der Waals surface area contributed by atoms with E-state index in [0.717, 1.165) is 59.6 Å². The fourth-order valence-electron chi connectivity index (χ4n) is 4.35. The minimum atomic E-state index is -5.00. The molecule has 1 amide bonds. The smallest absolute Gasteiger partial charge is 0.406 e. The van der Waals surface area contributed by atoms with Crippen molar-refractivity contribution in [2.45, 2.75) is 50.8 Å². The van der Waals surface area contributed by atoms with Crippen LogP contribution in [0.5, 0.6) is 11.5 Å². The summed E-state index contributed by atoms with van der Waals surface area (Å²) in [7, 11) is 0. The van der Waals surface area contributed by atoms with Crippen LogP contribution in [0.2, 0.25) is 0 Å². The molecule has 0 saturated carbocycles. The third-order valence-electron chi connectivity index (χ3n) is 6.16. The average molecular weight is 605 g/mol. The van der Waals surface area contributed by atoms with Gasteiger partial charge in [0, 0.05) is 18.3 Å². The lowest BCUT2D eigenvalue weighted by atomic mass is 9.95. The molecule has 2 aromatic carbocycles. The largest absolute Gasteiger partial charge is 0.573 e. The van der Waals surface area contributed by atoms with E-state index in [9.17, 15) is 44.3 Å². The number of nitrogens with zero attached hydrogens (tertiary/aromatic N) is 3. The van der Waals surface area contributed by atoms with Gasteiger partial charge >= 0.3 is 18.9 Å². The van der Waals surface area contributed by atoms with Crippen molar-refractivity contribution in [3.05, 3.63) is 83.7 Å². The number of benzene rings is 2. The topological polar surface area (TPSA) is 64.0 Å². The van der Waals surface area contributed by atoms with Crippen molar-refractivity contribution in [3.8, 4) is 11.5 Å². The molecule has 224 valence electrons. The zero-order chi connectivity index (χ0) is 31.1. The Balaban J connectivity index is 1.73. The predicted octanol–water partition coefficient (Wildman–Crippen LogP) is 7.75. The van der Waals surface area contributed by atoms with E-state index in [0.29, 0.717) is 0 Å². The van der Waals surface area contributed by atoms with Gasteiger partial charge in [0.1, 0.15) is 22.9 Å². The van der Waals surface area contributed by atoms with Crippen molar-refractivity contribution in [3.63, 3.8) is 0 Å². The normalized spacial score (nSPS) is 17.6. The van der Waals surface area contributed by atoms with Gasteiger partial charge < -0.3 is 9.47 Å². The fraction of sp³-hybridized carbons (Fsp3) is 0.296. The molecule has 0 N–H and O–H groups in total. The van der Waals surface area contributed by atoms with Crippen molar-refractivity contribution >= 4 is 17.3 Å². The third-order valence-corrected chi connectivity index (χ3v) is 6.16. The molecule has 0 bridgehead atoms. The number of anilines is 1. The molecular weight excluding hydrogens is 585 g/mol. The molecule has 1 unspecified atom stereocenters. The van der Waals surface area contributed by atoms with Crippen LogP contribution in [0.25, 0.3) is 0 Å². The van der Waals surface area contributed by atoms with Crippen molar-refractivity contribution in [2.75, 3.05) is 4.90 Å². The van der Waals surface area contributed by atoms with E-state index in [1.807, 2.05) is 0 Å². The first-order valence-electron chi connectivity index (χ1n) is 12.0. The van der Waals surface area contributed by atoms with E-state index in [4.69, 9.17) is 0 Å². The molecular formula is C27H20F9N3O3. The van der Waals surface area contributed by atoms with Gasteiger partial charge in [-0.05, 0) is 67.4 Å². The van der Waals surface area contributed by atoms with Gasteiger partial charge in [-0.3, -0.25) is 19.7 Å². The second-order valence-corrected chi connectivity index (χ2v) is 9.60. The number of hydrogen-bond donors (Lipinski definition) is 0. The van der Waals surface area contributed by atoms with Gasteiger partial charge in [0.05, 0.1) is 11.6 Å². The highest BCUT2D eigenvalue weighted by atomic mass is 19.4. The number of hydrogen-bond acceptors (Lipinski definition) is 5.